The Kier molecular flexibility index (Phi) is 15.4. The van der Waals surface area contributed by atoms with Gasteiger partial charge in [-0.25, -0.2) is 0 Å². The quantitative estimate of drug-likeness (QED) is 0.199. The molecule has 0 aromatic heterocycles. The molecule has 0 aromatic rings. The van der Waals surface area contributed by atoms with Gasteiger partial charge >= 0.3 is 0 Å². The molecule has 0 amide bonds. The van der Waals surface area contributed by atoms with E-state index in [0.717, 1.165) is 5.75 Å². The van der Waals surface area contributed by atoms with Crippen molar-refractivity contribution < 1.29 is 4.48 Å². The fourth-order valence-corrected chi connectivity index (χ4v) is 3.94. The summed E-state index contributed by atoms with van der Waals surface area (Å²) in [7, 11) is 0. The smallest absolute Gasteiger partial charge is 0.0786 e. The predicted octanol–water partition coefficient (Wildman–Crippen LogP) is 6.08. The van der Waals surface area contributed by atoms with Gasteiger partial charge in [0.1, 0.15) is 0 Å². The van der Waals surface area contributed by atoms with Crippen molar-refractivity contribution in [3.8, 4) is 0 Å². The van der Waals surface area contributed by atoms with Crippen LogP contribution in [0.25, 0.3) is 0 Å². The number of unbranched alkanes of at least 4 members (excludes halogenated alkanes) is 7. The molecular formula is C19H42NS+. The van der Waals surface area contributed by atoms with Crippen LogP contribution < -0.4 is 0 Å². The van der Waals surface area contributed by atoms with Crippen LogP contribution in [0.2, 0.25) is 0 Å². The van der Waals surface area contributed by atoms with Crippen molar-refractivity contribution in [3.63, 3.8) is 0 Å². The standard InChI is InChI=1S/C19H41NS/c1-4-15-20(16-5-2,17-6-3)18-13-11-9-7-8-10-12-14-19-21/h4-19H2,1-3H3/p+1. The molecule has 0 atom stereocenters. The lowest BCUT2D eigenvalue weighted by Gasteiger charge is -2.38. The van der Waals surface area contributed by atoms with E-state index < -0.39 is 0 Å². The van der Waals surface area contributed by atoms with Gasteiger partial charge in [-0.3, -0.25) is 0 Å². The number of quaternary nitrogens is 1. The number of thiol groups is 1. The van der Waals surface area contributed by atoms with Crippen LogP contribution in [0.4, 0.5) is 0 Å². The van der Waals surface area contributed by atoms with Crippen molar-refractivity contribution in [1.29, 1.82) is 0 Å². The summed E-state index contributed by atoms with van der Waals surface area (Å²) in [6, 6.07) is 0. The minimum atomic E-state index is 1.06. The third-order valence-corrected chi connectivity index (χ3v) is 4.95. The van der Waals surface area contributed by atoms with Crippen LogP contribution in [-0.2, 0) is 0 Å². The summed E-state index contributed by atoms with van der Waals surface area (Å²) >= 11 is 4.27. The fraction of sp³-hybridized carbons (Fsp3) is 1.00. The first-order chi connectivity index (χ1) is 10.2. The molecule has 0 aliphatic carbocycles. The molecule has 0 saturated heterocycles. The minimum absolute atomic E-state index is 1.06. The largest absolute Gasteiger partial charge is 0.324 e. The third-order valence-electron chi connectivity index (χ3n) is 4.63. The first-order valence-electron chi connectivity index (χ1n) is 9.70. The van der Waals surface area contributed by atoms with Crippen LogP contribution in [0.15, 0.2) is 0 Å². The molecule has 21 heavy (non-hydrogen) atoms. The average molecular weight is 317 g/mol. The highest BCUT2D eigenvalue weighted by atomic mass is 32.1. The molecule has 2 heteroatoms. The number of hydrogen-bond donors (Lipinski definition) is 1. The van der Waals surface area contributed by atoms with Gasteiger partial charge in [0.15, 0.2) is 0 Å². The van der Waals surface area contributed by atoms with Gasteiger partial charge in [-0.05, 0) is 44.3 Å². The van der Waals surface area contributed by atoms with E-state index in [9.17, 15) is 0 Å². The topological polar surface area (TPSA) is 0 Å². The van der Waals surface area contributed by atoms with Crippen molar-refractivity contribution in [2.75, 3.05) is 31.9 Å². The van der Waals surface area contributed by atoms with Crippen molar-refractivity contribution in [2.24, 2.45) is 0 Å². The first kappa shape index (κ1) is 21.3. The van der Waals surface area contributed by atoms with E-state index in [0.29, 0.717) is 0 Å². The summed E-state index contributed by atoms with van der Waals surface area (Å²) in [5.74, 6) is 1.06. The maximum atomic E-state index is 4.27. The predicted molar refractivity (Wildman–Crippen MR) is 101 cm³/mol. The van der Waals surface area contributed by atoms with E-state index in [4.69, 9.17) is 0 Å². The monoisotopic (exact) mass is 316 g/mol. The molecule has 0 heterocycles. The lowest BCUT2D eigenvalue weighted by molar-refractivity contribution is -0.928. The second-order valence-electron chi connectivity index (χ2n) is 6.79. The van der Waals surface area contributed by atoms with Crippen LogP contribution in [0.1, 0.15) is 91.4 Å². The molecule has 0 radical (unpaired) electrons. The summed E-state index contributed by atoms with van der Waals surface area (Å²) in [5.41, 5.74) is 0. The summed E-state index contributed by atoms with van der Waals surface area (Å²) in [6.07, 6.45) is 15.3. The number of hydrogen-bond acceptors (Lipinski definition) is 1. The van der Waals surface area contributed by atoms with E-state index in [1.54, 1.807) is 0 Å². The molecular weight excluding hydrogens is 274 g/mol. The lowest BCUT2D eigenvalue weighted by Crippen LogP contribution is -2.50. The molecule has 0 fully saturated rings. The van der Waals surface area contributed by atoms with Gasteiger partial charge in [-0.1, -0.05) is 52.9 Å². The Hall–Kier alpha value is 0.310. The third kappa shape index (κ3) is 11.5. The van der Waals surface area contributed by atoms with Crippen LogP contribution >= 0.6 is 12.6 Å². The Morgan fingerprint density at radius 1 is 0.524 bits per heavy atom. The molecule has 128 valence electrons. The van der Waals surface area contributed by atoms with Gasteiger partial charge in [-0.15, -0.1) is 0 Å². The number of nitrogens with zero attached hydrogens (tertiary/aromatic N) is 1. The van der Waals surface area contributed by atoms with Crippen LogP contribution in [-0.4, -0.2) is 36.4 Å². The normalized spacial score (nSPS) is 12.0. The lowest BCUT2D eigenvalue weighted by atomic mass is 10.1. The van der Waals surface area contributed by atoms with Gasteiger partial charge in [0.2, 0.25) is 0 Å². The fourth-order valence-electron chi connectivity index (χ4n) is 3.71. The molecule has 0 aromatic carbocycles. The highest BCUT2D eigenvalue weighted by molar-refractivity contribution is 7.80. The van der Waals surface area contributed by atoms with Gasteiger partial charge < -0.3 is 4.48 Å². The Labute approximate surface area is 140 Å². The zero-order valence-corrected chi connectivity index (χ0v) is 16.1. The summed E-state index contributed by atoms with van der Waals surface area (Å²) in [5, 5.41) is 0. The molecule has 0 aliphatic heterocycles. The van der Waals surface area contributed by atoms with Crippen molar-refractivity contribution >= 4 is 12.6 Å². The van der Waals surface area contributed by atoms with E-state index in [1.807, 2.05) is 0 Å². The summed E-state index contributed by atoms with van der Waals surface area (Å²) in [4.78, 5) is 0. The minimum Gasteiger partial charge on any atom is -0.324 e. The SMILES string of the molecule is CCC[N+](CCC)(CCC)CCCCCCCCCCS. The second-order valence-corrected chi connectivity index (χ2v) is 7.24. The van der Waals surface area contributed by atoms with E-state index in [1.165, 1.54) is 101 Å². The zero-order chi connectivity index (χ0) is 15.8. The number of rotatable bonds is 16. The molecule has 0 bridgehead atoms. The zero-order valence-electron chi connectivity index (χ0n) is 15.2. The Morgan fingerprint density at radius 3 is 1.29 bits per heavy atom. The Balaban J connectivity index is 3.76. The second kappa shape index (κ2) is 15.2. The first-order valence-corrected chi connectivity index (χ1v) is 10.3. The van der Waals surface area contributed by atoms with Gasteiger partial charge in [0.25, 0.3) is 0 Å². The maximum Gasteiger partial charge on any atom is 0.0786 e. The van der Waals surface area contributed by atoms with E-state index in [-0.39, 0.29) is 0 Å². The molecule has 0 spiro atoms. The maximum absolute atomic E-state index is 4.27. The van der Waals surface area contributed by atoms with E-state index >= 15 is 0 Å². The highest BCUT2D eigenvalue weighted by Gasteiger charge is 2.23. The van der Waals surface area contributed by atoms with Gasteiger partial charge in [0, 0.05) is 0 Å². The van der Waals surface area contributed by atoms with Crippen molar-refractivity contribution in [1.82, 2.24) is 0 Å². The van der Waals surface area contributed by atoms with Crippen LogP contribution in [0.3, 0.4) is 0 Å². The van der Waals surface area contributed by atoms with Crippen molar-refractivity contribution in [2.45, 2.75) is 91.4 Å². The molecule has 0 unspecified atom stereocenters. The van der Waals surface area contributed by atoms with E-state index in [2.05, 4.69) is 33.4 Å². The van der Waals surface area contributed by atoms with Crippen LogP contribution in [0, 0.1) is 0 Å². The highest BCUT2D eigenvalue weighted by Crippen LogP contribution is 2.16. The summed E-state index contributed by atoms with van der Waals surface area (Å²) < 4.78 is 1.39. The molecule has 0 N–H and O–H groups in total. The Morgan fingerprint density at radius 2 is 0.905 bits per heavy atom. The molecule has 0 rings (SSSR count). The van der Waals surface area contributed by atoms with Crippen molar-refractivity contribution in [3.05, 3.63) is 0 Å². The van der Waals surface area contributed by atoms with Gasteiger partial charge in [-0.2, -0.15) is 12.6 Å². The average Bonchev–Trinajstić information content (AvgIpc) is 2.46. The molecule has 0 saturated carbocycles. The van der Waals surface area contributed by atoms with Gasteiger partial charge in [0.05, 0.1) is 26.2 Å². The summed E-state index contributed by atoms with van der Waals surface area (Å²) in [6.45, 7) is 12.7. The van der Waals surface area contributed by atoms with Crippen LogP contribution in [0.5, 0.6) is 0 Å². The molecule has 1 nitrogen and oxygen atoms in total. The Bertz CT molecular complexity index is 189. The molecule has 0 aliphatic rings.